The summed E-state index contributed by atoms with van der Waals surface area (Å²) in [4.78, 5) is 4.61. The highest BCUT2D eigenvalue weighted by atomic mass is 16.5. The van der Waals surface area contributed by atoms with Crippen LogP contribution in [0.3, 0.4) is 0 Å². The predicted octanol–water partition coefficient (Wildman–Crippen LogP) is 3.55. The Labute approximate surface area is 161 Å². The molecular formula is C20H20N6O2. The standard InChI is InChI=1S/C20H20N6O2/c1-3-10-26-15-7-5-4-6-14(15)18-19(26)22-20(25-23-18)24-21-12-13-8-9-16(27)17(11-13)28-2/h4-9,11-12,27H,3,10H2,1-2H3,(H,22,24,25)/b21-12+. The lowest BCUT2D eigenvalue weighted by Crippen LogP contribution is -2.03. The van der Waals surface area contributed by atoms with Crippen molar-refractivity contribution in [2.45, 2.75) is 19.9 Å². The molecular weight excluding hydrogens is 356 g/mol. The first-order valence-electron chi connectivity index (χ1n) is 8.99. The summed E-state index contributed by atoms with van der Waals surface area (Å²) < 4.78 is 7.25. The minimum atomic E-state index is 0.0781. The summed E-state index contributed by atoms with van der Waals surface area (Å²) in [7, 11) is 1.50. The number of hydrogen-bond donors (Lipinski definition) is 2. The number of hydrazone groups is 1. The van der Waals surface area contributed by atoms with Crippen LogP contribution in [0, 0.1) is 0 Å². The van der Waals surface area contributed by atoms with E-state index in [2.05, 4.69) is 43.3 Å². The number of phenols is 1. The Morgan fingerprint density at radius 1 is 1.21 bits per heavy atom. The third-order valence-corrected chi connectivity index (χ3v) is 4.40. The Hall–Kier alpha value is -3.68. The van der Waals surface area contributed by atoms with Crippen molar-refractivity contribution in [2.75, 3.05) is 12.5 Å². The highest BCUT2D eigenvalue weighted by Gasteiger charge is 2.13. The summed E-state index contributed by atoms with van der Waals surface area (Å²) in [6.45, 7) is 2.98. The van der Waals surface area contributed by atoms with Crippen LogP contribution in [0.25, 0.3) is 22.1 Å². The zero-order valence-corrected chi connectivity index (χ0v) is 15.6. The monoisotopic (exact) mass is 376 g/mol. The molecule has 8 heteroatoms. The van der Waals surface area contributed by atoms with E-state index in [0.717, 1.165) is 40.6 Å². The number of phenolic OH excluding ortho intramolecular Hbond substituents is 1. The summed E-state index contributed by atoms with van der Waals surface area (Å²) in [5.41, 5.74) is 6.23. The lowest BCUT2D eigenvalue weighted by atomic mass is 10.2. The van der Waals surface area contributed by atoms with E-state index in [1.54, 1.807) is 24.4 Å². The van der Waals surface area contributed by atoms with E-state index in [-0.39, 0.29) is 5.75 Å². The first-order valence-corrected chi connectivity index (χ1v) is 8.99. The van der Waals surface area contributed by atoms with Crippen molar-refractivity contribution in [3.05, 3.63) is 48.0 Å². The van der Waals surface area contributed by atoms with Gasteiger partial charge in [-0.3, -0.25) is 0 Å². The Morgan fingerprint density at radius 2 is 2.07 bits per heavy atom. The zero-order chi connectivity index (χ0) is 19.5. The van der Waals surface area contributed by atoms with Gasteiger partial charge in [-0.2, -0.15) is 10.1 Å². The number of nitrogens with zero attached hydrogens (tertiary/aromatic N) is 5. The molecule has 4 rings (SSSR count). The average Bonchev–Trinajstić information content (AvgIpc) is 3.03. The summed E-state index contributed by atoms with van der Waals surface area (Å²) in [5, 5.41) is 23.4. The van der Waals surface area contributed by atoms with Gasteiger partial charge in [0.2, 0.25) is 0 Å². The number of aryl methyl sites for hydroxylation is 1. The van der Waals surface area contributed by atoms with Crippen LogP contribution in [0.2, 0.25) is 0 Å². The van der Waals surface area contributed by atoms with Gasteiger partial charge in [-0.25, -0.2) is 5.43 Å². The van der Waals surface area contributed by atoms with Crippen molar-refractivity contribution in [1.29, 1.82) is 0 Å². The molecule has 0 radical (unpaired) electrons. The summed E-state index contributed by atoms with van der Waals surface area (Å²) in [6, 6.07) is 13.1. The summed E-state index contributed by atoms with van der Waals surface area (Å²) in [5.74, 6) is 0.774. The lowest BCUT2D eigenvalue weighted by Gasteiger charge is -2.05. The highest BCUT2D eigenvalue weighted by Crippen LogP contribution is 2.27. The topological polar surface area (TPSA) is 97.5 Å². The number of fused-ring (bicyclic) bond motifs is 3. The Balaban J connectivity index is 1.64. The van der Waals surface area contributed by atoms with Crippen LogP contribution in [0.4, 0.5) is 5.95 Å². The van der Waals surface area contributed by atoms with Crippen LogP contribution in [0.1, 0.15) is 18.9 Å². The molecule has 0 spiro atoms. The maximum atomic E-state index is 9.65. The molecule has 0 aliphatic rings. The van der Waals surface area contributed by atoms with Crippen molar-refractivity contribution < 1.29 is 9.84 Å². The van der Waals surface area contributed by atoms with E-state index < -0.39 is 0 Å². The van der Waals surface area contributed by atoms with E-state index in [1.807, 2.05) is 18.2 Å². The zero-order valence-electron chi connectivity index (χ0n) is 15.6. The van der Waals surface area contributed by atoms with Crippen LogP contribution in [-0.4, -0.2) is 38.2 Å². The number of aromatic nitrogens is 4. The van der Waals surface area contributed by atoms with Crippen molar-refractivity contribution in [3.63, 3.8) is 0 Å². The van der Waals surface area contributed by atoms with Gasteiger partial charge < -0.3 is 14.4 Å². The number of aromatic hydroxyl groups is 1. The molecule has 2 aromatic heterocycles. The second-order valence-corrected chi connectivity index (χ2v) is 6.28. The number of anilines is 1. The van der Waals surface area contributed by atoms with Gasteiger partial charge in [0.15, 0.2) is 17.1 Å². The van der Waals surface area contributed by atoms with Gasteiger partial charge in [0.1, 0.15) is 5.52 Å². The van der Waals surface area contributed by atoms with E-state index >= 15 is 0 Å². The van der Waals surface area contributed by atoms with Crippen LogP contribution in [0.15, 0.2) is 47.6 Å². The molecule has 142 valence electrons. The molecule has 28 heavy (non-hydrogen) atoms. The summed E-state index contributed by atoms with van der Waals surface area (Å²) >= 11 is 0. The van der Waals surface area contributed by atoms with Crippen molar-refractivity contribution in [3.8, 4) is 11.5 Å². The van der Waals surface area contributed by atoms with Gasteiger partial charge in [0.05, 0.1) is 18.8 Å². The maximum Gasteiger partial charge on any atom is 0.265 e. The third kappa shape index (κ3) is 3.20. The minimum absolute atomic E-state index is 0.0781. The fourth-order valence-electron chi connectivity index (χ4n) is 3.14. The van der Waals surface area contributed by atoms with Gasteiger partial charge in [0, 0.05) is 11.9 Å². The van der Waals surface area contributed by atoms with Crippen molar-refractivity contribution in [1.82, 2.24) is 19.7 Å². The van der Waals surface area contributed by atoms with Crippen LogP contribution in [-0.2, 0) is 6.54 Å². The second-order valence-electron chi connectivity index (χ2n) is 6.28. The summed E-state index contributed by atoms with van der Waals surface area (Å²) in [6.07, 6.45) is 2.58. The molecule has 0 aliphatic carbocycles. The molecule has 0 aliphatic heterocycles. The number of hydrogen-bond acceptors (Lipinski definition) is 7. The molecule has 2 N–H and O–H groups in total. The number of methoxy groups -OCH3 is 1. The minimum Gasteiger partial charge on any atom is -0.504 e. The first-order chi connectivity index (χ1) is 13.7. The Kier molecular flexibility index (Phi) is 4.76. The van der Waals surface area contributed by atoms with Crippen molar-refractivity contribution >= 4 is 34.2 Å². The number of ether oxygens (including phenoxy) is 1. The second kappa shape index (κ2) is 7.51. The molecule has 0 atom stereocenters. The van der Waals surface area contributed by atoms with Gasteiger partial charge in [0.25, 0.3) is 5.95 Å². The number of benzene rings is 2. The van der Waals surface area contributed by atoms with Gasteiger partial charge in [-0.15, -0.1) is 10.2 Å². The molecule has 2 heterocycles. The lowest BCUT2D eigenvalue weighted by molar-refractivity contribution is 0.373. The molecule has 0 fully saturated rings. The molecule has 0 saturated heterocycles. The smallest absolute Gasteiger partial charge is 0.265 e. The average molecular weight is 376 g/mol. The third-order valence-electron chi connectivity index (χ3n) is 4.40. The fraction of sp³-hybridized carbons (Fsp3) is 0.200. The predicted molar refractivity (Wildman–Crippen MR) is 109 cm³/mol. The molecule has 0 unspecified atom stereocenters. The first kappa shape index (κ1) is 17.7. The quantitative estimate of drug-likeness (QED) is 0.394. The van der Waals surface area contributed by atoms with E-state index in [9.17, 15) is 5.11 Å². The maximum absolute atomic E-state index is 9.65. The number of para-hydroxylation sites is 1. The number of rotatable bonds is 6. The van der Waals surface area contributed by atoms with E-state index in [0.29, 0.717) is 11.7 Å². The Morgan fingerprint density at radius 3 is 2.89 bits per heavy atom. The van der Waals surface area contributed by atoms with Gasteiger partial charge >= 0.3 is 0 Å². The molecule has 0 amide bonds. The Bertz CT molecular complexity index is 1170. The van der Waals surface area contributed by atoms with Gasteiger partial charge in [-0.1, -0.05) is 25.1 Å². The molecule has 8 nitrogen and oxygen atoms in total. The highest BCUT2D eigenvalue weighted by molar-refractivity contribution is 6.04. The molecule has 0 bridgehead atoms. The SMILES string of the molecule is CCCn1c2ccccc2c2nnc(N/N=C/c3ccc(O)c(OC)c3)nc21. The van der Waals surface area contributed by atoms with Crippen molar-refractivity contribution in [2.24, 2.45) is 5.10 Å². The normalized spacial score (nSPS) is 11.5. The van der Waals surface area contributed by atoms with Gasteiger partial charge in [-0.05, 0) is 36.2 Å². The van der Waals surface area contributed by atoms with Crippen LogP contribution < -0.4 is 10.2 Å². The molecule has 4 aromatic rings. The van der Waals surface area contributed by atoms with E-state index in [1.165, 1.54) is 7.11 Å². The van der Waals surface area contributed by atoms with Crippen LogP contribution >= 0.6 is 0 Å². The molecule has 2 aromatic carbocycles. The molecule has 0 saturated carbocycles. The fourth-order valence-corrected chi connectivity index (χ4v) is 3.14. The largest absolute Gasteiger partial charge is 0.504 e. The van der Waals surface area contributed by atoms with E-state index in [4.69, 9.17) is 4.74 Å². The van der Waals surface area contributed by atoms with Crippen LogP contribution in [0.5, 0.6) is 11.5 Å². The number of nitrogens with one attached hydrogen (secondary N) is 1.